The summed E-state index contributed by atoms with van der Waals surface area (Å²) in [5.41, 5.74) is 4.84. The largest absolute Gasteiger partial charge is 0.491 e. The maximum absolute atomic E-state index is 11.9. The van der Waals surface area contributed by atoms with Gasteiger partial charge in [0.25, 0.3) is 0 Å². The average molecular weight is 498 g/mol. The molecule has 4 aromatic rings. The van der Waals surface area contributed by atoms with Crippen LogP contribution in [0.15, 0.2) is 61.6 Å². The molecule has 1 fully saturated rings. The van der Waals surface area contributed by atoms with Crippen LogP contribution in [-0.2, 0) is 4.79 Å². The number of hydrogen-bond donors (Lipinski definition) is 1. The molecule has 1 amide bonds. The minimum absolute atomic E-state index is 0.00182. The number of likely N-dealkylation sites (tertiary alicyclic amines) is 1. The van der Waals surface area contributed by atoms with Gasteiger partial charge in [-0.05, 0) is 31.1 Å². The average Bonchev–Trinajstić information content (AvgIpc) is 3.54. The van der Waals surface area contributed by atoms with Crippen molar-refractivity contribution < 1.29 is 14.3 Å². The van der Waals surface area contributed by atoms with Crippen LogP contribution in [-0.4, -0.2) is 68.2 Å². The number of ether oxygens (including phenoxy) is 2. The Morgan fingerprint density at radius 2 is 2.08 bits per heavy atom. The van der Waals surface area contributed by atoms with E-state index in [2.05, 4.69) is 39.1 Å². The lowest BCUT2D eigenvalue weighted by Crippen LogP contribution is -2.45. The summed E-state index contributed by atoms with van der Waals surface area (Å²) < 4.78 is 13.2. The fourth-order valence-corrected chi connectivity index (χ4v) is 5.05. The molecule has 0 radical (unpaired) electrons. The van der Waals surface area contributed by atoms with Crippen LogP contribution in [0.25, 0.3) is 28.3 Å². The zero-order valence-corrected chi connectivity index (χ0v) is 20.5. The van der Waals surface area contributed by atoms with E-state index in [4.69, 9.17) is 14.5 Å². The molecule has 1 N–H and O–H groups in total. The Hall–Kier alpha value is -4.31. The van der Waals surface area contributed by atoms with E-state index in [1.165, 1.54) is 6.08 Å². The molecule has 2 aliphatic rings. The van der Waals surface area contributed by atoms with Crippen LogP contribution in [0, 0.1) is 0 Å². The van der Waals surface area contributed by atoms with Crippen LogP contribution >= 0.6 is 0 Å². The molecule has 1 saturated heterocycles. The van der Waals surface area contributed by atoms with Crippen LogP contribution < -0.4 is 14.8 Å². The number of imidazole rings is 1. The number of nitrogens with zero attached hydrogens (tertiary/aromatic N) is 6. The number of methoxy groups -OCH3 is 1. The molecule has 0 aliphatic carbocycles. The molecule has 10 heteroatoms. The van der Waals surface area contributed by atoms with Gasteiger partial charge < -0.3 is 19.7 Å². The van der Waals surface area contributed by atoms with Gasteiger partial charge in [-0.15, -0.1) is 5.10 Å². The standard InChI is InChI=1S/C27H27N7O3/c1-3-25(35)33-12-8-18(9-13-33)30-21-16-37-22-14-17(4-5-19(21)22)26-27(20-15-28-10-11-29-20)34-23(31-26)6-7-24(32-34)36-2/h3-7,10-11,14-15,18,21,30H,1,8-9,12-13,16H2,2H3/t21-/m0/s1. The molecular weight excluding hydrogens is 470 g/mol. The van der Waals surface area contributed by atoms with Crippen molar-refractivity contribution >= 4 is 11.6 Å². The van der Waals surface area contributed by atoms with Crippen LogP contribution in [0.2, 0.25) is 0 Å². The van der Waals surface area contributed by atoms with Gasteiger partial charge in [-0.2, -0.15) is 0 Å². The van der Waals surface area contributed by atoms with E-state index in [-0.39, 0.29) is 11.9 Å². The Bertz CT molecular complexity index is 1460. The van der Waals surface area contributed by atoms with Crippen molar-refractivity contribution in [3.05, 3.63) is 67.1 Å². The Labute approximate surface area is 214 Å². The summed E-state index contributed by atoms with van der Waals surface area (Å²) in [7, 11) is 1.58. The number of hydrogen-bond acceptors (Lipinski definition) is 8. The molecule has 1 aromatic carbocycles. The van der Waals surface area contributed by atoms with Crippen LogP contribution in [0.5, 0.6) is 11.6 Å². The lowest BCUT2D eigenvalue weighted by atomic mass is 10.00. The van der Waals surface area contributed by atoms with Crippen molar-refractivity contribution in [3.8, 4) is 34.3 Å². The van der Waals surface area contributed by atoms with Crippen LogP contribution in [0.1, 0.15) is 24.4 Å². The zero-order valence-electron chi connectivity index (χ0n) is 20.5. The Kier molecular flexibility index (Phi) is 6.01. The smallest absolute Gasteiger partial charge is 0.245 e. The zero-order chi connectivity index (χ0) is 25.4. The number of fused-ring (bicyclic) bond motifs is 2. The van der Waals surface area contributed by atoms with Crippen molar-refractivity contribution in [2.24, 2.45) is 0 Å². The van der Waals surface area contributed by atoms with Crippen molar-refractivity contribution in [2.75, 3.05) is 26.8 Å². The first-order chi connectivity index (χ1) is 18.1. The maximum Gasteiger partial charge on any atom is 0.245 e. The van der Waals surface area contributed by atoms with Crippen molar-refractivity contribution in [2.45, 2.75) is 24.9 Å². The molecule has 3 aromatic heterocycles. The third-order valence-corrected chi connectivity index (χ3v) is 6.95. The molecule has 0 saturated carbocycles. The molecule has 0 unspecified atom stereocenters. The molecule has 2 aliphatic heterocycles. The second kappa shape index (κ2) is 9.62. The summed E-state index contributed by atoms with van der Waals surface area (Å²) in [6.45, 7) is 5.62. The van der Waals surface area contributed by atoms with Gasteiger partial charge in [0.15, 0.2) is 5.65 Å². The summed E-state index contributed by atoms with van der Waals surface area (Å²) in [5.74, 6) is 1.32. The minimum Gasteiger partial charge on any atom is -0.491 e. The molecular formula is C27H27N7O3. The highest BCUT2D eigenvalue weighted by Gasteiger charge is 2.30. The summed E-state index contributed by atoms with van der Waals surface area (Å²) in [6, 6.07) is 10.3. The van der Waals surface area contributed by atoms with Crippen molar-refractivity contribution in [1.82, 2.24) is 34.8 Å². The first-order valence-corrected chi connectivity index (χ1v) is 12.3. The Morgan fingerprint density at radius 1 is 1.22 bits per heavy atom. The number of benzene rings is 1. The summed E-state index contributed by atoms with van der Waals surface area (Å²) in [6.07, 6.45) is 8.19. The topological polar surface area (TPSA) is 107 Å². The third-order valence-electron chi connectivity index (χ3n) is 6.95. The van der Waals surface area contributed by atoms with Crippen molar-refractivity contribution in [3.63, 3.8) is 0 Å². The molecule has 1 atom stereocenters. The van der Waals surface area contributed by atoms with E-state index < -0.39 is 0 Å². The lowest BCUT2D eigenvalue weighted by Gasteiger charge is -2.33. The van der Waals surface area contributed by atoms with E-state index >= 15 is 0 Å². The van der Waals surface area contributed by atoms with Gasteiger partial charge in [0.05, 0.1) is 19.3 Å². The van der Waals surface area contributed by atoms with Gasteiger partial charge in [-0.25, -0.2) is 9.50 Å². The Morgan fingerprint density at radius 3 is 2.84 bits per heavy atom. The highest BCUT2D eigenvalue weighted by Crippen LogP contribution is 2.39. The van der Waals surface area contributed by atoms with E-state index in [9.17, 15) is 4.79 Å². The van der Waals surface area contributed by atoms with Gasteiger partial charge in [0.2, 0.25) is 11.8 Å². The predicted octanol–water partition coefficient (Wildman–Crippen LogP) is 3.06. The van der Waals surface area contributed by atoms with Crippen LogP contribution in [0.3, 0.4) is 0 Å². The molecule has 188 valence electrons. The predicted molar refractivity (Wildman–Crippen MR) is 137 cm³/mol. The van der Waals surface area contributed by atoms with E-state index in [0.29, 0.717) is 29.9 Å². The summed E-state index contributed by atoms with van der Waals surface area (Å²) >= 11 is 0. The number of carbonyl (C=O) groups is 1. The Balaban J connectivity index is 1.29. The second-order valence-electron chi connectivity index (χ2n) is 9.13. The maximum atomic E-state index is 11.9. The number of piperidine rings is 1. The number of rotatable bonds is 6. The van der Waals surface area contributed by atoms with Crippen LogP contribution in [0.4, 0.5) is 0 Å². The van der Waals surface area contributed by atoms with Gasteiger partial charge in [-0.3, -0.25) is 14.8 Å². The normalized spacial score (nSPS) is 17.4. The summed E-state index contributed by atoms with van der Waals surface area (Å²) in [4.78, 5) is 27.4. The summed E-state index contributed by atoms with van der Waals surface area (Å²) in [5, 5.41) is 8.31. The van der Waals surface area contributed by atoms with Gasteiger partial charge in [0.1, 0.15) is 29.4 Å². The van der Waals surface area contributed by atoms with Gasteiger partial charge >= 0.3 is 0 Å². The number of amides is 1. The van der Waals surface area contributed by atoms with Gasteiger partial charge in [0, 0.05) is 48.7 Å². The highest BCUT2D eigenvalue weighted by molar-refractivity contribution is 5.87. The number of nitrogens with one attached hydrogen (secondary N) is 1. The highest BCUT2D eigenvalue weighted by atomic mass is 16.5. The molecule has 6 rings (SSSR count). The molecule has 5 heterocycles. The van der Waals surface area contributed by atoms with Gasteiger partial charge in [-0.1, -0.05) is 18.7 Å². The first kappa shape index (κ1) is 23.1. The third kappa shape index (κ3) is 4.29. The molecule has 10 nitrogen and oxygen atoms in total. The quantitative estimate of drug-likeness (QED) is 0.405. The SMILES string of the molecule is C=CC(=O)N1CCC(N[C@H]2COc3cc(-c4nc5ccc(OC)nn5c4-c4cnccn4)ccc32)CC1. The minimum atomic E-state index is 0.00182. The van der Waals surface area contributed by atoms with E-state index in [1.807, 2.05) is 17.0 Å². The van der Waals surface area contributed by atoms with E-state index in [0.717, 1.165) is 54.2 Å². The molecule has 0 bridgehead atoms. The fraction of sp³-hybridized carbons (Fsp3) is 0.296. The first-order valence-electron chi connectivity index (χ1n) is 12.3. The van der Waals surface area contributed by atoms with Crippen molar-refractivity contribution in [1.29, 1.82) is 0 Å². The monoisotopic (exact) mass is 497 g/mol. The number of aromatic nitrogens is 5. The lowest BCUT2D eigenvalue weighted by molar-refractivity contribution is -0.127. The number of carbonyl (C=O) groups excluding carboxylic acids is 1. The second-order valence-corrected chi connectivity index (χ2v) is 9.13. The molecule has 0 spiro atoms. The molecule has 37 heavy (non-hydrogen) atoms. The fourth-order valence-electron chi connectivity index (χ4n) is 5.05. The van der Waals surface area contributed by atoms with E-state index in [1.54, 1.807) is 36.3 Å².